The van der Waals surface area contributed by atoms with Crippen molar-refractivity contribution in [1.82, 2.24) is 34.1 Å². The van der Waals surface area contributed by atoms with Gasteiger partial charge in [-0.1, -0.05) is 11.6 Å². The molecule has 0 bridgehead atoms. The second-order valence-electron chi connectivity index (χ2n) is 7.59. The van der Waals surface area contributed by atoms with Crippen LogP contribution in [0.4, 0.5) is 13.2 Å². The van der Waals surface area contributed by atoms with Gasteiger partial charge in [0, 0.05) is 16.8 Å². The van der Waals surface area contributed by atoms with Crippen molar-refractivity contribution in [1.29, 1.82) is 0 Å². The van der Waals surface area contributed by atoms with Gasteiger partial charge in [-0.05, 0) is 36.4 Å². The van der Waals surface area contributed by atoms with E-state index in [4.69, 9.17) is 17.3 Å². The number of nitrogens with two attached hydrogens (primary N) is 1. The first-order chi connectivity index (χ1) is 17.5. The molecule has 3 heterocycles. The average molecular weight is 537 g/mol. The van der Waals surface area contributed by atoms with Crippen LogP contribution in [-0.4, -0.2) is 63.7 Å². The summed E-state index contributed by atoms with van der Waals surface area (Å²) in [6.45, 7) is -1.60. The Balaban J connectivity index is 1.78. The number of pyridine rings is 1. The summed E-state index contributed by atoms with van der Waals surface area (Å²) < 4.78 is 41.5. The number of primary amides is 1. The first-order valence-electron chi connectivity index (χ1n) is 10.3. The Hall–Kier alpha value is -4.37. The number of aldehydes is 1. The summed E-state index contributed by atoms with van der Waals surface area (Å²) in [5.74, 6) is -1.55. The van der Waals surface area contributed by atoms with E-state index in [1.807, 2.05) is 0 Å². The van der Waals surface area contributed by atoms with Crippen LogP contribution in [0.5, 0.6) is 0 Å². The Bertz CT molecular complexity index is 1530. The molecule has 3 aromatic heterocycles. The Morgan fingerprint density at radius 3 is 2.51 bits per heavy atom. The molecule has 0 aliphatic rings. The molecule has 192 valence electrons. The van der Waals surface area contributed by atoms with Crippen molar-refractivity contribution in [2.75, 3.05) is 0 Å². The van der Waals surface area contributed by atoms with Crippen LogP contribution in [0.3, 0.4) is 0 Å². The molecule has 0 saturated carbocycles. The van der Waals surface area contributed by atoms with Crippen LogP contribution < -0.4 is 11.4 Å². The zero-order valence-electron chi connectivity index (χ0n) is 18.5. The van der Waals surface area contributed by atoms with Crippen LogP contribution in [0.1, 0.15) is 26.8 Å². The molecule has 37 heavy (non-hydrogen) atoms. The highest BCUT2D eigenvalue weighted by molar-refractivity contribution is 6.30. The Labute approximate surface area is 209 Å². The van der Waals surface area contributed by atoms with Gasteiger partial charge in [0.15, 0.2) is 35.7 Å². The fourth-order valence-corrected chi connectivity index (χ4v) is 3.48. The number of rotatable bonds is 8. The van der Waals surface area contributed by atoms with Crippen LogP contribution in [0, 0.1) is 0 Å². The molecule has 0 saturated heterocycles. The van der Waals surface area contributed by atoms with E-state index >= 15 is 0 Å². The van der Waals surface area contributed by atoms with Crippen LogP contribution in [0.15, 0.2) is 47.4 Å². The fraction of sp³-hybridized carbons (Fsp3) is 0.190. The van der Waals surface area contributed by atoms with Crippen LogP contribution in [0.2, 0.25) is 5.02 Å². The quantitative estimate of drug-likeness (QED) is 0.317. The summed E-state index contributed by atoms with van der Waals surface area (Å²) in [4.78, 5) is 44.4. The van der Waals surface area contributed by atoms with Gasteiger partial charge in [-0.15, -0.1) is 10.2 Å². The maximum atomic E-state index is 13.0. The standard InChI is InChI=1S/C21H16ClF3N8O4/c22-12-5-3-11(4-6-12)18-30-32(20(37)31(18)8-14(35)21(23,24)25)9-15-28-16(10-34)33(29-15)19-13(17(26)36)2-1-7-27-19/h1-7,10,14,35H,8-9H2,(H2,26,36)/t14-/m0/s1. The lowest BCUT2D eigenvalue weighted by molar-refractivity contribution is -0.207. The second kappa shape index (κ2) is 9.94. The molecule has 16 heteroatoms. The Morgan fingerprint density at radius 2 is 1.89 bits per heavy atom. The molecule has 1 atom stereocenters. The van der Waals surface area contributed by atoms with Gasteiger partial charge in [0.2, 0.25) is 0 Å². The first kappa shape index (κ1) is 25.7. The highest BCUT2D eigenvalue weighted by Gasteiger charge is 2.39. The summed E-state index contributed by atoms with van der Waals surface area (Å²) in [6, 6.07) is 8.59. The number of aromatic nitrogens is 7. The number of benzene rings is 1. The molecule has 4 rings (SSSR count). The number of nitrogens with zero attached hydrogens (tertiary/aromatic N) is 7. The lowest BCUT2D eigenvalue weighted by atomic mass is 10.2. The maximum absolute atomic E-state index is 13.0. The van der Waals surface area contributed by atoms with Gasteiger partial charge in [0.25, 0.3) is 5.91 Å². The van der Waals surface area contributed by atoms with Crippen molar-refractivity contribution >= 4 is 23.8 Å². The monoisotopic (exact) mass is 536 g/mol. The predicted octanol–water partition coefficient (Wildman–Crippen LogP) is 1.22. The second-order valence-corrected chi connectivity index (χ2v) is 8.03. The van der Waals surface area contributed by atoms with E-state index in [1.165, 1.54) is 42.6 Å². The topological polar surface area (TPSA) is 164 Å². The van der Waals surface area contributed by atoms with Crippen LogP contribution >= 0.6 is 11.6 Å². The van der Waals surface area contributed by atoms with Crippen molar-refractivity contribution in [3.05, 3.63) is 75.3 Å². The van der Waals surface area contributed by atoms with Crippen molar-refractivity contribution in [2.24, 2.45) is 5.73 Å². The van der Waals surface area contributed by atoms with Gasteiger partial charge >= 0.3 is 11.9 Å². The number of amides is 1. The van der Waals surface area contributed by atoms with E-state index in [1.54, 1.807) is 0 Å². The molecule has 0 radical (unpaired) electrons. The SMILES string of the molecule is NC(=O)c1cccnc1-n1nc(Cn2nc(-c3ccc(Cl)cc3)n(C[C@H](O)C(F)(F)F)c2=O)nc1C=O. The summed E-state index contributed by atoms with van der Waals surface area (Å²) in [5, 5.41) is 18.1. The average Bonchev–Trinajstić information content (AvgIpc) is 3.40. The van der Waals surface area contributed by atoms with Gasteiger partial charge in [-0.3, -0.25) is 14.2 Å². The van der Waals surface area contributed by atoms with Gasteiger partial charge in [-0.25, -0.2) is 19.4 Å². The van der Waals surface area contributed by atoms with Crippen LogP contribution in [-0.2, 0) is 13.1 Å². The molecule has 1 aromatic carbocycles. The third-order valence-corrected chi connectivity index (χ3v) is 5.34. The largest absolute Gasteiger partial charge is 0.416 e. The van der Waals surface area contributed by atoms with Crippen molar-refractivity contribution in [2.45, 2.75) is 25.4 Å². The number of aliphatic hydroxyl groups is 1. The molecule has 0 aliphatic heterocycles. The third-order valence-electron chi connectivity index (χ3n) is 5.08. The number of alkyl halides is 3. The highest BCUT2D eigenvalue weighted by atomic mass is 35.5. The minimum Gasteiger partial charge on any atom is -0.382 e. The van der Waals surface area contributed by atoms with E-state index in [-0.39, 0.29) is 34.4 Å². The number of carbonyl (C=O) groups excluding carboxylic acids is 2. The molecule has 3 N–H and O–H groups in total. The molecule has 0 aliphatic carbocycles. The van der Waals surface area contributed by atoms with Gasteiger partial charge in [-0.2, -0.15) is 17.9 Å². The molecule has 12 nitrogen and oxygen atoms in total. The van der Waals surface area contributed by atoms with E-state index in [0.717, 1.165) is 9.36 Å². The molecule has 0 spiro atoms. The normalized spacial score (nSPS) is 12.5. The summed E-state index contributed by atoms with van der Waals surface area (Å²) in [7, 11) is 0. The smallest absolute Gasteiger partial charge is 0.382 e. The van der Waals surface area contributed by atoms with Crippen LogP contribution in [0.25, 0.3) is 17.2 Å². The van der Waals surface area contributed by atoms with E-state index in [9.17, 15) is 32.7 Å². The van der Waals surface area contributed by atoms with Gasteiger partial charge in [0.1, 0.15) is 6.54 Å². The molecule has 0 unspecified atom stereocenters. The Morgan fingerprint density at radius 1 is 1.19 bits per heavy atom. The fourth-order valence-electron chi connectivity index (χ4n) is 3.36. The molecule has 4 aromatic rings. The number of hydrogen-bond acceptors (Lipinski definition) is 8. The molecule has 1 amide bonds. The predicted molar refractivity (Wildman–Crippen MR) is 121 cm³/mol. The van der Waals surface area contributed by atoms with E-state index in [0.29, 0.717) is 15.9 Å². The summed E-state index contributed by atoms with van der Waals surface area (Å²) >= 11 is 5.87. The maximum Gasteiger partial charge on any atom is 0.416 e. The lowest BCUT2D eigenvalue weighted by Gasteiger charge is -2.15. The van der Waals surface area contributed by atoms with E-state index in [2.05, 4.69) is 20.2 Å². The first-order valence-corrected chi connectivity index (χ1v) is 10.7. The van der Waals surface area contributed by atoms with E-state index < -0.39 is 37.0 Å². The lowest BCUT2D eigenvalue weighted by Crippen LogP contribution is -2.37. The highest BCUT2D eigenvalue weighted by Crippen LogP contribution is 2.24. The minimum atomic E-state index is -4.99. The molecule has 0 fully saturated rings. The molecular weight excluding hydrogens is 521 g/mol. The number of carbonyl (C=O) groups is 2. The minimum absolute atomic E-state index is 0.0605. The van der Waals surface area contributed by atoms with Crippen molar-refractivity contribution < 1.29 is 27.9 Å². The molecular formula is C21H16ClF3N8O4. The third kappa shape index (κ3) is 5.26. The van der Waals surface area contributed by atoms with Gasteiger partial charge < -0.3 is 10.8 Å². The Kier molecular flexibility index (Phi) is 6.91. The van der Waals surface area contributed by atoms with Crippen molar-refractivity contribution in [3.63, 3.8) is 0 Å². The summed E-state index contributed by atoms with van der Waals surface area (Å²) in [5.41, 5.74) is 4.54. The number of hydrogen-bond donors (Lipinski definition) is 2. The van der Waals surface area contributed by atoms with Gasteiger partial charge in [0.05, 0.1) is 12.1 Å². The number of halogens is 4. The summed E-state index contributed by atoms with van der Waals surface area (Å²) in [6.07, 6.45) is -6.17. The zero-order valence-corrected chi connectivity index (χ0v) is 19.3. The zero-order chi connectivity index (χ0) is 26.9. The van der Waals surface area contributed by atoms with Crippen molar-refractivity contribution in [3.8, 4) is 17.2 Å². The number of aliphatic hydroxyl groups excluding tert-OH is 1.